The maximum Gasteiger partial charge on any atom is 0.253 e. The number of benzene rings is 1. The Hall–Kier alpha value is -2.07. The Labute approximate surface area is 124 Å². The quantitative estimate of drug-likeness (QED) is 0.886. The van der Waals surface area contributed by atoms with Crippen molar-refractivity contribution in [1.82, 2.24) is 10.3 Å². The van der Waals surface area contributed by atoms with Gasteiger partial charge in [-0.15, -0.1) is 0 Å². The first-order valence-electron chi connectivity index (χ1n) is 7.18. The molecule has 2 atom stereocenters. The lowest BCUT2D eigenvalue weighted by Gasteiger charge is -2.10. The summed E-state index contributed by atoms with van der Waals surface area (Å²) >= 11 is 0. The van der Waals surface area contributed by atoms with Crippen molar-refractivity contribution < 1.29 is 9.53 Å². The second kappa shape index (κ2) is 5.37. The van der Waals surface area contributed by atoms with Crippen LogP contribution in [0, 0.1) is 0 Å². The standard InChI is InChI=1S/C17H20N2O2/c1-17(21-2)9-15(17)19-16(20)14-11-18-10-13(14)8-12-6-4-3-5-7-12/h3-7,10-11,15,18H,8-9H2,1-2H3,(H,19,20)/t15-,17+/m1/s1. The monoisotopic (exact) mass is 284 g/mol. The van der Waals surface area contributed by atoms with Crippen molar-refractivity contribution >= 4 is 5.91 Å². The fraction of sp³-hybridized carbons (Fsp3) is 0.353. The Kier molecular flexibility index (Phi) is 3.55. The molecule has 2 N–H and O–H groups in total. The molecular weight excluding hydrogens is 264 g/mol. The number of nitrogens with one attached hydrogen (secondary N) is 2. The van der Waals surface area contributed by atoms with E-state index < -0.39 is 0 Å². The summed E-state index contributed by atoms with van der Waals surface area (Å²) in [4.78, 5) is 15.4. The smallest absolute Gasteiger partial charge is 0.253 e. The molecule has 4 nitrogen and oxygen atoms in total. The highest BCUT2D eigenvalue weighted by Gasteiger charge is 2.51. The number of methoxy groups -OCH3 is 1. The lowest BCUT2D eigenvalue weighted by atomic mass is 10.0. The van der Waals surface area contributed by atoms with Gasteiger partial charge >= 0.3 is 0 Å². The molecule has 2 aromatic rings. The molecule has 0 unspecified atom stereocenters. The number of rotatable bonds is 5. The van der Waals surface area contributed by atoms with Gasteiger partial charge in [-0.2, -0.15) is 0 Å². The fourth-order valence-electron chi connectivity index (χ4n) is 2.58. The molecule has 3 rings (SSSR count). The number of H-pyrrole nitrogens is 1. The Bertz CT molecular complexity index is 635. The minimum Gasteiger partial charge on any atom is -0.376 e. The lowest BCUT2D eigenvalue weighted by Crippen LogP contribution is -2.32. The molecule has 4 heteroatoms. The summed E-state index contributed by atoms with van der Waals surface area (Å²) < 4.78 is 5.38. The van der Waals surface area contributed by atoms with Crippen molar-refractivity contribution in [2.24, 2.45) is 0 Å². The predicted molar refractivity (Wildman–Crippen MR) is 81.3 cm³/mol. The zero-order chi connectivity index (χ0) is 14.9. The number of aromatic amines is 1. The third-order valence-corrected chi connectivity index (χ3v) is 4.27. The molecule has 1 aliphatic carbocycles. The highest BCUT2D eigenvalue weighted by Crippen LogP contribution is 2.38. The van der Waals surface area contributed by atoms with Crippen LogP contribution in [0.3, 0.4) is 0 Å². The maximum absolute atomic E-state index is 12.4. The first kappa shape index (κ1) is 13.9. The van der Waals surface area contributed by atoms with Crippen LogP contribution in [0.15, 0.2) is 42.7 Å². The van der Waals surface area contributed by atoms with Gasteiger partial charge in [0.25, 0.3) is 5.91 Å². The molecule has 0 spiro atoms. The number of amides is 1. The van der Waals surface area contributed by atoms with E-state index in [0.717, 1.165) is 18.4 Å². The van der Waals surface area contributed by atoms with Crippen molar-refractivity contribution in [1.29, 1.82) is 0 Å². The molecule has 0 saturated heterocycles. The zero-order valence-corrected chi connectivity index (χ0v) is 12.3. The zero-order valence-electron chi connectivity index (χ0n) is 12.3. The van der Waals surface area contributed by atoms with Gasteiger partial charge in [-0.1, -0.05) is 30.3 Å². The largest absolute Gasteiger partial charge is 0.376 e. The minimum atomic E-state index is -0.203. The first-order chi connectivity index (χ1) is 10.1. The molecular formula is C17H20N2O2. The Balaban J connectivity index is 1.69. The Morgan fingerprint density at radius 2 is 2.14 bits per heavy atom. The highest BCUT2D eigenvalue weighted by molar-refractivity contribution is 5.96. The number of hydrogen-bond acceptors (Lipinski definition) is 2. The molecule has 1 heterocycles. The molecule has 0 bridgehead atoms. The summed E-state index contributed by atoms with van der Waals surface area (Å²) in [6.07, 6.45) is 5.28. The minimum absolute atomic E-state index is 0.0343. The van der Waals surface area contributed by atoms with Crippen molar-refractivity contribution in [3.63, 3.8) is 0 Å². The molecule has 0 radical (unpaired) electrons. The van der Waals surface area contributed by atoms with Crippen LogP contribution in [-0.4, -0.2) is 29.6 Å². The molecule has 21 heavy (non-hydrogen) atoms. The third-order valence-electron chi connectivity index (χ3n) is 4.27. The van der Waals surface area contributed by atoms with Gasteiger partial charge in [0.1, 0.15) is 0 Å². The summed E-state index contributed by atoms with van der Waals surface area (Å²) in [5, 5.41) is 3.04. The molecule has 1 aliphatic rings. The van der Waals surface area contributed by atoms with Crippen LogP contribution >= 0.6 is 0 Å². The van der Waals surface area contributed by atoms with Gasteiger partial charge in [-0.25, -0.2) is 0 Å². The van der Waals surface area contributed by atoms with E-state index in [2.05, 4.69) is 22.4 Å². The molecule has 110 valence electrons. The molecule has 1 aromatic heterocycles. The molecule has 1 fully saturated rings. The van der Waals surface area contributed by atoms with Crippen molar-refractivity contribution in [2.75, 3.05) is 7.11 Å². The van der Waals surface area contributed by atoms with Crippen LogP contribution in [0.25, 0.3) is 0 Å². The Morgan fingerprint density at radius 3 is 2.81 bits per heavy atom. The summed E-state index contributed by atoms with van der Waals surface area (Å²) in [6.45, 7) is 2.01. The van der Waals surface area contributed by atoms with Gasteiger partial charge in [-0.05, 0) is 24.5 Å². The van der Waals surface area contributed by atoms with E-state index in [1.807, 2.05) is 31.3 Å². The van der Waals surface area contributed by atoms with Crippen LogP contribution in [0.5, 0.6) is 0 Å². The van der Waals surface area contributed by atoms with Gasteiger partial charge in [-0.3, -0.25) is 4.79 Å². The van der Waals surface area contributed by atoms with Crippen LogP contribution in [-0.2, 0) is 11.2 Å². The van der Waals surface area contributed by atoms with Gasteiger partial charge in [0.15, 0.2) is 0 Å². The fourth-order valence-corrected chi connectivity index (χ4v) is 2.58. The van der Waals surface area contributed by atoms with E-state index in [1.54, 1.807) is 13.3 Å². The van der Waals surface area contributed by atoms with E-state index in [9.17, 15) is 4.79 Å². The first-order valence-corrected chi connectivity index (χ1v) is 7.18. The van der Waals surface area contributed by atoms with E-state index in [4.69, 9.17) is 4.74 Å². The van der Waals surface area contributed by atoms with E-state index in [0.29, 0.717) is 5.56 Å². The number of hydrogen-bond donors (Lipinski definition) is 2. The van der Waals surface area contributed by atoms with Crippen molar-refractivity contribution in [2.45, 2.75) is 31.4 Å². The van der Waals surface area contributed by atoms with Gasteiger partial charge in [0, 0.05) is 25.9 Å². The van der Waals surface area contributed by atoms with Crippen molar-refractivity contribution in [3.05, 3.63) is 59.4 Å². The van der Waals surface area contributed by atoms with Gasteiger partial charge < -0.3 is 15.0 Å². The van der Waals surface area contributed by atoms with E-state index >= 15 is 0 Å². The molecule has 1 saturated carbocycles. The topological polar surface area (TPSA) is 54.1 Å². The normalized spacial score (nSPS) is 23.8. The molecule has 1 aromatic carbocycles. The lowest BCUT2D eigenvalue weighted by molar-refractivity contribution is 0.0787. The van der Waals surface area contributed by atoms with Crippen LogP contribution in [0.2, 0.25) is 0 Å². The second-order valence-corrected chi connectivity index (χ2v) is 5.80. The molecule has 0 aliphatic heterocycles. The van der Waals surface area contributed by atoms with Gasteiger partial charge in [0.05, 0.1) is 17.2 Å². The van der Waals surface area contributed by atoms with Crippen molar-refractivity contribution in [3.8, 4) is 0 Å². The summed E-state index contributed by atoms with van der Waals surface area (Å²) in [5.41, 5.74) is 2.72. The SMILES string of the molecule is CO[C@@]1(C)C[C@H]1NC(=O)c1c[nH]cc1Cc1ccccc1. The second-order valence-electron chi connectivity index (χ2n) is 5.80. The predicted octanol–water partition coefficient (Wildman–Crippen LogP) is 2.51. The van der Waals surface area contributed by atoms with Gasteiger partial charge in [0.2, 0.25) is 0 Å². The maximum atomic E-state index is 12.4. The third kappa shape index (κ3) is 2.85. The average molecular weight is 284 g/mol. The number of carbonyl (C=O) groups is 1. The highest BCUT2D eigenvalue weighted by atomic mass is 16.5. The average Bonchev–Trinajstić information content (AvgIpc) is 2.93. The van der Waals surface area contributed by atoms with Crippen LogP contribution < -0.4 is 5.32 Å². The molecule has 1 amide bonds. The Morgan fingerprint density at radius 1 is 1.38 bits per heavy atom. The number of ether oxygens (including phenoxy) is 1. The van der Waals surface area contributed by atoms with E-state index in [1.165, 1.54) is 5.56 Å². The van der Waals surface area contributed by atoms with Crippen LogP contribution in [0.1, 0.15) is 34.8 Å². The van der Waals surface area contributed by atoms with Crippen LogP contribution in [0.4, 0.5) is 0 Å². The number of carbonyl (C=O) groups excluding carboxylic acids is 1. The number of aromatic nitrogens is 1. The summed E-state index contributed by atoms with van der Waals surface area (Å²) in [5.74, 6) is -0.0343. The van der Waals surface area contributed by atoms with E-state index in [-0.39, 0.29) is 17.6 Å². The summed E-state index contributed by atoms with van der Waals surface area (Å²) in [6, 6.07) is 10.3. The summed E-state index contributed by atoms with van der Waals surface area (Å²) in [7, 11) is 1.68.